The molecule has 168 valence electrons. The summed E-state index contributed by atoms with van der Waals surface area (Å²) in [4.78, 5) is 27.6. The molecule has 1 N–H and O–H groups in total. The van der Waals surface area contributed by atoms with Gasteiger partial charge in [-0.25, -0.2) is 4.39 Å². The molecule has 0 radical (unpaired) electrons. The number of ketones is 1. The summed E-state index contributed by atoms with van der Waals surface area (Å²) in [6, 6.07) is 18.6. The lowest BCUT2D eigenvalue weighted by Gasteiger charge is -2.25. The Bertz CT molecular complexity index is 1220. The van der Waals surface area contributed by atoms with Crippen LogP contribution in [-0.2, 0) is 16.1 Å². The van der Waals surface area contributed by atoms with Gasteiger partial charge in [0.25, 0.3) is 11.7 Å². The fraction of sp³-hybridized carbons (Fsp3) is 0.154. The van der Waals surface area contributed by atoms with Gasteiger partial charge in [0, 0.05) is 12.6 Å². The topological polar surface area (TPSA) is 76.1 Å². The molecule has 7 heteroatoms. The summed E-state index contributed by atoms with van der Waals surface area (Å²) in [6.07, 6.45) is 0. The van der Waals surface area contributed by atoms with E-state index in [1.165, 1.54) is 31.3 Å². The summed E-state index contributed by atoms with van der Waals surface area (Å²) in [5.41, 5.74) is 1.53. The van der Waals surface area contributed by atoms with Crippen molar-refractivity contribution in [2.24, 2.45) is 0 Å². The lowest BCUT2D eigenvalue weighted by Crippen LogP contribution is -2.29. The molecule has 0 saturated carbocycles. The van der Waals surface area contributed by atoms with Crippen LogP contribution in [0.4, 0.5) is 4.39 Å². The van der Waals surface area contributed by atoms with Gasteiger partial charge in [-0.3, -0.25) is 9.59 Å². The van der Waals surface area contributed by atoms with Crippen LogP contribution in [0.15, 0.2) is 78.4 Å². The van der Waals surface area contributed by atoms with Crippen molar-refractivity contribution in [2.45, 2.75) is 12.6 Å². The number of rotatable bonds is 6. The molecular formula is C26H22FNO5. The van der Waals surface area contributed by atoms with E-state index in [9.17, 15) is 19.1 Å². The average Bonchev–Trinajstić information content (AvgIpc) is 3.10. The van der Waals surface area contributed by atoms with Gasteiger partial charge in [-0.1, -0.05) is 42.5 Å². The number of nitrogens with zero attached hydrogens (tertiary/aromatic N) is 1. The van der Waals surface area contributed by atoms with Crippen LogP contribution in [-0.4, -0.2) is 35.9 Å². The first-order valence-electron chi connectivity index (χ1n) is 10.2. The predicted octanol–water partition coefficient (Wildman–Crippen LogP) is 4.46. The highest BCUT2D eigenvalue weighted by atomic mass is 19.1. The van der Waals surface area contributed by atoms with E-state index in [2.05, 4.69) is 0 Å². The van der Waals surface area contributed by atoms with Gasteiger partial charge in [-0.15, -0.1) is 0 Å². The predicted molar refractivity (Wildman–Crippen MR) is 120 cm³/mol. The van der Waals surface area contributed by atoms with E-state index in [1.807, 2.05) is 6.07 Å². The van der Waals surface area contributed by atoms with Crippen molar-refractivity contribution in [1.29, 1.82) is 0 Å². The summed E-state index contributed by atoms with van der Waals surface area (Å²) in [7, 11) is 2.94. The molecule has 1 saturated heterocycles. The van der Waals surface area contributed by atoms with Gasteiger partial charge < -0.3 is 19.5 Å². The number of hydrogen-bond acceptors (Lipinski definition) is 5. The molecule has 6 nitrogen and oxygen atoms in total. The largest absolute Gasteiger partial charge is 0.507 e. The van der Waals surface area contributed by atoms with Crippen molar-refractivity contribution in [1.82, 2.24) is 4.90 Å². The van der Waals surface area contributed by atoms with Crippen molar-refractivity contribution in [3.63, 3.8) is 0 Å². The number of carbonyl (C=O) groups excluding carboxylic acids is 2. The maximum Gasteiger partial charge on any atom is 0.295 e. The third-order valence-electron chi connectivity index (χ3n) is 5.59. The van der Waals surface area contributed by atoms with E-state index in [1.54, 1.807) is 54.6 Å². The maximum atomic E-state index is 13.4. The smallest absolute Gasteiger partial charge is 0.295 e. The van der Waals surface area contributed by atoms with E-state index in [-0.39, 0.29) is 23.4 Å². The Kier molecular flexibility index (Phi) is 6.13. The van der Waals surface area contributed by atoms with Crippen LogP contribution in [0.25, 0.3) is 5.76 Å². The Hall–Kier alpha value is -4.13. The van der Waals surface area contributed by atoms with Crippen LogP contribution in [0.1, 0.15) is 22.7 Å². The van der Waals surface area contributed by atoms with Crippen LogP contribution < -0.4 is 9.47 Å². The van der Waals surface area contributed by atoms with Crippen LogP contribution >= 0.6 is 0 Å². The highest BCUT2D eigenvalue weighted by molar-refractivity contribution is 6.46. The number of hydrogen-bond donors (Lipinski definition) is 1. The van der Waals surface area contributed by atoms with Crippen LogP contribution in [0.2, 0.25) is 0 Å². The molecule has 1 aliphatic heterocycles. The Labute approximate surface area is 190 Å². The number of ether oxygens (including phenoxy) is 2. The minimum atomic E-state index is -0.830. The summed E-state index contributed by atoms with van der Waals surface area (Å²) in [6.45, 7) is 0.0704. The summed E-state index contributed by atoms with van der Waals surface area (Å²) in [5, 5.41) is 11.2. The van der Waals surface area contributed by atoms with E-state index in [4.69, 9.17) is 9.47 Å². The Morgan fingerprint density at radius 3 is 2.30 bits per heavy atom. The molecule has 0 aliphatic carbocycles. The monoisotopic (exact) mass is 447 g/mol. The van der Waals surface area contributed by atoms with Crippen LogP contribution in [0, 0.1) is 5.82 Å². The maximum absolute atomic E-state index is 13.4. The Morgan fingerprint density at radius 2 is 1.67 bits per heavy atom. The summed E-state index contributed by atoms with van der Waals surface area (Å²) >= 11 is 0. The van der Waals surface area contributed by atoms with Crippen LogP contribution in [0.5, 0.6) is 11.5 Å². The first-order chi connectivity index (χ1) is 15.9. The molecule has 3 aromatic rings. The second kappa shape index (κ2) is 9.16. The lowest BCUT2D eigenvalue weighted by molar-refractivity contribution is -0.140. The quantitative estimate of drug-likeness (QED) is 0.343. The zero-order valence-electron chi connectivity index (χ0n) is 18.1. The molecule has 0 aromatic heterocycles. The van der Waals surface area contributed by atoms with E-state index in [0.717, 1.165) is 0 Å². The second-order valence-corrected chi connectivity index (χ2v) is 7.53. The molecule has 4 rings (SSSR count). The summed E-state index contributed by atoms with van der Waals surface area (Å²) in [5.74, 6) is -1.48. The normalized spacial score (nSPS) is 17.3. The third-order valence-corrected chi connectivity index (χ3v) is 5.59. The van der Waals surface area contributed by atoms with Crippen molar-refractivity contribution in [2.75, 3.05) is 14.2 Å². The zero-order valence-corrected chi connectivity index (χ0v) is 18.1. The first-order valence-corrected chi connectivity index (χ1v) is 10.2. The molecule has 1 fully saturated rings. The van der Waals surface area contributed by atoms with Gasteiger partial charge in [-0.05, 0) is 35.4 Å². The fourth-order valence-corrected chi connectivity index (χ4v) is 3.95. The zero-order chi connectivity index (χ0) is 23.5. The summed E-state index contributed by atoms with van der Waals surface area (Å²) < 4.78 is 24.0. The number of carbonyl (C=O) groups is 2. The van der Waals surface area contributed by atoms with Crippen LogP contribution in [0.3, 0.4) is 0 Å². The second-order valence-electron chi connectivity index (χ2n) is 7.53. The van der Waals surface area contributed by atoms with E-state index < -0.39 is 23.5 Å². The first kappa shape index (κ1) is 22.1. The van der Waals surface area contributed by atoms with Gasteiger partial charge >= 0.3 is 0 Å². The number of aliphatic hydroxyl groups excluding tert-OH is 1. The van der Waals surface area contributed by atoms with Gasteiger partial charge in [0.15, 0.2) is 0 Å². The number of methoxy groups -OCH3 is 2. The molecule has 1 heterocycles. The third kappa shape index (κ3) is 4.17. The van der Waals surface area contributed by atoms with E-state index >= 15 is 0 Å². The number of aliphatic hydroxyl groups is 1. The van der Waals surface area contributed by atoms with Gasteiger partial charge in [0.2, 0.25) is 0 Å². The molecule has 33 heavy (non-hydrogen) atoms. The van der Waals surface area contributed by atoms with Gasteiger partial charge in [0.1, 0.15) is 23.1 Å². The van der Waals surface area contributed by atoms with Gasteiger partial charge in [0.05, 0.1) is 31.4 Å². The highest BCUT2D eigenvalue weighted by Crippen LogP contribution is 2.42. The van der Waals surface area contributed by atoms with Crippen molar-refractivity contribution in [3.05, 3.63) is 101 Å². The lowest BCUT2D eigenvalue weighted by atomic mass is 9.95. The minimum absolute atomic E-state index is 0.0446. The average molecular weight is 447 g/mol. The standard InChI is InChI=1S/C26H22FNO5/c1-32-19-12-13-20(21(14-19)33-2)24(29)22-23(17-6-4-3-5-7-17)28(26(31)25(22)30)15-16-8-10-18(27)11-9-16/h3-14,23,29H,15H2,1-2H3/b24-22-. The van der Waals surface area contributed by atoms with E-state index in [0.29, 0.717) is 22.6 Å². The highest BCUT2D eigenvalue weighted by Gasteiger charge is 2.46. The van der Waals surface area contributed by atoms with Crippen molar-refractivity contribution >= 4 is 17.4 Å². The molecule has 3 aromatic carbocycles. The number of likely N-dealkylation sites (tertiary alicyclic amines) is 1. The number of halogens is 1. The minimum Gasteiger partial charge on any atom is -0.507 e. The molecule has 0 bridgehead atoms. The molecule has 1 aliphatic rings. The van der Waals surface area contributed by atoms with Gasteiger partial charge in [-0.2, -0.15) is 0 Å². The number of Topliss-reactive ketones (excluding diaryl/α,β-unsaturated/α-hetero) is 1. The number of benzene rings is 3. The molecular weight excluding hydrogens is 425 g/mol. The Balaban J connectivity index is 1.86. The molecule has 1 unspecified atom stereocenters. The molecule has 1 atom stereocenters. The molecule has 0 spiro atoms. The fourth-order valence-electron chi connectivity index (χ4n) is 3.95. The van der Waals surface area contributed by atoms with Crippen molar-refractivity contribution < 1.29 is 28.6 Å². The Morgan fingerprint density at radius 1 is 0.970 bits per heavy atom. The SMILES string of the molecule is COc1ccc(/C(O)=C2/C(=O)C(=O)N(Cc3ccc(F)cc3)C2c2ccccc2)c(OC)c1. The molecule has 1 amide bonds. The van der Waals surface area contributed by atoms with Crippen molar-refractivity contribution in [3.8, 4) is 11.5 Å². The number of amides is 1.